The van der Waals surface area contributed by atoms with Crippen LogP contribution in [-0.4, -0.2) is 10.2 Å². The van der Waals surface area contributed by atoms with E-state index in [4.69, 9.17) is 0 Å². The van der Waals surface area contributed by atoms with Crippen molar-refractivity contribution in [2.75, 3.05) is 0 Å². The molecule has 0 bridgehead atoms. The van der Waals surface area contributed by atoms with Crippen LogP contribution in [0, 0.1) is 44.4 Å². The summed E-state index contributed by atoms with van der Waals surface area (Å²) in [6, 6.07) is 0. The van der Waals surface area contributed by atoms with E-state index in [0.29, 0.717) is 17.4 Å². The molecule has 0 aliphatic carbocycles. The molecular formula is C29H52O2. The minimum atomic E-state index is 0.348. The van der Waals surface area contributed by atoms with Gasteiger partial charge < -0.3 is 10.2 Å². The molecule has 0 amide bonds. The molecule has 0 saturated heterocycles. The monoisotopic (exact) mass is 432 g/mol. The average molecular weight is 433 g/mol. The topological polar surface area (TPSA) is 40.5 Å². The molecule has 0 heterocycles. The molecule has 0 spiro atoms. The van der Waals surface area contributed by atoms with Gasteiger partial charge in [-0.15, -0.1) is 0 Å². The molecule has 0 saturated carbocycles. The molecule has 180 valence electrons. The zero-order chi connectivity index (χ0) is 23.6. The summed E-state index contributed by atoms with van der Waals surface area (Å²) >= 11 is 0. The van der Waals surface area contributed by atoms with Crippen LogP contribution in [0.15, 0.2) is 0 Å². The Morgan fingerprint density at radius 3 is 1.35 bits per heavy atom. The van der Waals surface area contributed by atoms with Gasteiger partial charge in [0.2, 0.25) is 0 Å². The highest BCUT2D eigenvalue weighted by Crippen LogP contribution is 2.37. The van der Waals surface area contributed by atoms with E-state index >= 15 is 0 Å². The van der Waals surface area contributed by atoms with Crippen LogP contribution in [0.4, 0.5) is 0 Å². The van der Waals surface area contributed by atoms with Crippen molar-refractivity contribution in [2.45, 2.75) is 126 Å². The molecule has 2 N–H and O–H groups in total. The van der Waals surface area contributed by atoms with Crippen molar-refractivity contribution in [1.29, 1.82) is 0 Å². The van der Waals surface area contributed by atoms with Gasteiger partial charge >= 0.3 is 0 Å². The van der Waals surface area contributed by atoms with Crippen molar-refractivity contribution < 1.29 is 10.2 Å². The fourth-order valence-corrected chi connectivity index (χ4v) is 4.82. The van der Waals surface area contributed by atoms with Crippen LogP contribution in [-0.2, 0) is 6.42 Å². The van der Waals surface area contributed by atoms with Crippen molar-refractivity contribution in [3.63, 3.8) is 0 Å². The van der Waals surface area contributed by atoms with Crippen LogP contribution in [0.3, 0.4) is 0 Å². The van der Waals surface area contributed by atoms with Crippen LogP contribution >= 0.6 is 0 Å². The fraction of sp³-hybridized carbons (Fsp3) is 0.793. The van der Waals surface area contributed by atoms with E-state index in [9.17, 15) is 10.2 Å². The Morgan fingerprint density at radius 2 is 0.903 bits per heavy atom. The highest BCUT2D eigenvalue weighted by atomic mass is 16.3. The van der Waals surface area contributed by atoms with E-state index in [-0.39, 0.29) is 0 Å². The lowest BCUT2D eigenvalue weighted by atomic mass is 9.89. The molecular weight excluding hydrogens is 380 g/mol. The summed E-state index contributed by atoms with van der Waals surface area (Å²) in [5, 5.41) is 20.8. The Kier molecular flexibility index (Phi) is 12.6. The van der Waals surface area contributed by atoms with Crippen LogP contribution in [0.25, 0.3) is 0 Å². The van der Waals surface area contributed by atoms with Gasteiger partial charge in [0.05, 0.1) is 0 Å². The number of benzene rings is 1. The van der Waals surface area contributed by atoms with Gasteiger partial charge in [-0.25, -0.2) is 0 Å². The summed E-state index contributed by atoms with van der Waals surface area (Å²) in [7, 11) is 0. The largest absolute Gasteiger partial charge is 0.507 e. The fourth-order valence-electron chi connectivity index (χ4n) is 4.82. The van der Waals surface area contributed by atoms with Crippen LogP contribution in [0.1, 0.15) is 121 Å². The van der Waals surface area contributed by atoms with Crippen LogP contribution in [0.2, 0.25) is 0 Å². The maximum atomic E-state index is 10.5. The van der Waals surface area contributed by atoms with E-state index in [2.05, 4.69) is 34.6 Å². The first-order valence-corrected chi connectivity index (χ1v) is 13.0. The number of aromatic hydroxyl groups is 2. The quantitative estimate of drug-likeness (QED) is 0.271. The Labute approximate surface area is 193 Å². The van der Waals surface area contributed by atoms with Crippen molar-refractivity contribution in [3.8, 4) is 11.5 Å². The highest BCUT2D eigenvalue weighted by molar-refractivity contribution is 5.56. The highest BCUT2D eigenvalue weighted by Gasteiger charge is 2.17. The zero-order valence-corrected chi connectivity index (χ0v) is 22.0. The third-order valence-electron chi connectivity index (χ3n) is 7.52. The normalized spacial score (nSPS) is 14.7. The van der Waals surface area contributed by atoms with Crippen molar-refractivity contribution in [3.05, 3.63) is 22.3 Å². The lowest BCUT2D eigenvalue weighted by Crippen LogP contribution is -2.03. The van der Waals surface area contributed by atoms with Gasteiger partial charge in [0.1, 0.15) is 11.5 Å². The molecule has 0 aliphatic heterocycles. The third kappa shape index (κ3) is 9.87. The summed E-state index contributed by atoms with van der Waals surface area (Å²) in [5.41, 5.74) is 3.39. The van der Waals surface area contributed by atoms with Crippen molar-refractivity contribution in [2.24, 2.45) is 23.7 Å². The van der Waals surface area contributed by atoms with Gasteiger partial charge in [-0.1, -0.05) is 92.4 Å². The van der Waals surface area contributed by atoms with Gasteiger partial charge in [-0.3, -0.25) is 0 Å². The Bertz CT molecular complexity index is 618. The standard InChI is InChI=1S/C29H52O2/c1-20(2)12-9-13-21(3)14-10-15-22(4)16-11-17-23(5)18-19-27-26(8)28(30)24(6)25(7)29(27)31/h20-23,30-31H,9-19H2,1-8H3/t21-,22+,23-/m1/s1. The lowest BCUT2D eigenvalue weighted by Gasteiger charge is -2.18. The summed E-state index contributed by atoms with van der Waals surface area (Å²) in [6.45, 7) is 17.5. The van der Waals surface area contributed by atoms with Crippen molar-refractivity contribution in [1.82, 2.24) is 0 Å². The van der Waals surface area contributed by atoms with Crippen LogP contribution < -0.4 is 0 Å². The molecule has 2 nitrogen and oxygen atoms in total. The smallest absolute Gasteiger partial charge is 0.122 e. The summed E-state index contributed by atoms with van der Waals surface area (Å²) < 4.78 is 0. The third-order valence-corrected chi connectivity index (χ3v) is 7.52. The molecule has 1 rings (SSSR count). The Hall–Kier alpha value is -1.18. The van der Waals surface area contributed by atoms with Crippen LogP contribution in [0.5, 0.6) is 11.5 Å². The van der Waals surface area contributed by atoms with Gasteiger partial charge in [-0.2, -0.15) is 0 Å². The molecule has 1 aromatic carbocycles. The summed E-state index contributed by atoms with van der Waals surface area (Å²) in [5.74, 6) is 3.94. The van der Waals surface area contributed by atoms with Gasteiger partial charge in [-0.05, 0) is 74.0 Å². The molecule has 0 radical (unpaired) electrons. The lowest BCUT2D eigenvalue weighted by molar-refractivity contribution is 0.373. The zero-order valence-electron chi connectivity index (χ0n) is 22.0. The molecule has 0 fully saturated rings. The summed E-state index contributed by atoms with van der Waals surface area (Å²) in [6.07, 6.45) is 14.1. The number of phenols is 2. The van der Waals surface area contributed by atoms with Gasteiger partial charge in [0.25, 0.3) is 0 Å². The predicted molar refractivity (Wildman–Crippen MR) is 136 cm³/mol. The second-order valence-electron chi connectivity index (χ2n) is 11.1. The second kappa shape index (κ2) is 14.1. The van der Waals surface area contributed by atoms with E-state index in [1.165, 1.54) is 57.8 Å². The van der Waals surface area contributed by atoms with Gasteiger partial charge in [0, 0.05) is 5.56 Å². The predicted octanol–water partition coefficient (Wildman–Crippen LogP) is 9.03. The minimum Gasteiger partial charge on any atom is -0.507 e. The molecule has 31 heavy (non-hydrogen) atoms. The molecule has 0 aliphatic rings. The number of hydrogen-bond donors (Lipinski definition) is 2. The first kappa shape index (κ1) is 27.9. The minimum absolute atomic E-state index is 0.348. The molecule has 2 heteroatoms. The molecule has 1 aromatic rings. The summed E-state index contributed by atoms with van der Waals surface area (Å²) in [4.78, 5) is 0. The maximum Gasteiger partial charge on any atom is 0.122 e. The van der Waals surface area contributed by atoms with E-state index in [0.717, 1.165) is 52.8 Å². The molecule has 3 atom stereocenters. The Balaban J connectivity index is 2.25. The molecule has 0 aromatic heterocycles. The first-order chi connectivity index (χ1) is 14.5. The van der Waals surface area contributed by atoms with Gasteiger partial charge in [0.15, 0.2) is 0 Å². The van der Waals surface area contributed by atoms with Crippen molar-refractivity contribution >= 4 is 0 Å². The van der Waals surface area contributed by atoms with E-state index in [1.54, 1.807) is 0 Å². The maximum absolute atomic E-state index is 10.5. The number of phenolic OH excluding ortho intramolecular Hbond substituents is 2. The first-order valence-electron chi connectivity index (χ1n) is 13.0. The molecule has 0 unspecified atom stereocenters. The van der Waals surface area contributed by atoms with E-state index < -0.39 is 0 Å². The number of hydrogen-bond acceptors (Lipinski definition) is 2. The SMILES string of the molecule is Cc1c(C)c(O)c(CC[C@H](C)CCC[C@@H](C)CCC[C@H](C)CCCC(C)C)c(C)c1O. The Morgan fingerprint density at radius 1 is 0.516 bits per heavy atom. The van der Waals surface area contributed by atoms with E-state index in [1.807, 2.05) is 20.8 Å². The average Bonchev–Trinajstić information content (AvgIpc) is 2.70. The second-order valence-corrected chi connectivity index (χ2v) is 11.1. The number of rotatable bonds is 15.